The van der Waals surface area contributed by atoms with Crippen LogP contribution < -0.4 is 11.2 Å². The van der Waals surface area contributed by atoms with Crippen LogP contribution in [0.15, 0.2) is 14.1 Å². The lowest BCUT2D eigenvalue weighted by Crippen LogP contribution is -2.35. The highest BCUT2D eigenvalue weighted by atomic mass is 79.9. The maximum Gasteiger partial charge on any atom is 0.328 e. The lowest BCUT2D eigenvalue weighted by molar-refractivity contribution is -0.763. The van der Waals surface area contributed by atoms with E-state index in [-0.39, 0.29) is 16.7 Å². The van der Waals surface area contributed by atoms with Crippen molar-refractivity contribution in [1.82, 2.24) is 9.55 Å². The molecule has 20 heavy (non-hydrogen) atoms. The second kappa shape index (κ2) is 6.65. The minimum atomic E-state index is -1.10. The highest BCUT2D eigenvalue weighted by molar-refractivity contribution is 9.10. The molecule has 12 nitrogen and oxygen atoms in total. The minimum absolute atomic E-state index is 0.137. The van der Waals surface area contributed by atoms with E-state index in [9.17, 15) is 29.8 Å². The summed E-state index contributed by atoms with van der Waals surface area (Å²) in [7, 11) is 0. The summed E-state index contributed by atoms with van der Waals surface area (Å²) in [4.78, 5) is 53.1. The Labute approximate surface area is 117 Å². The first-order chi connectivity index (χ1) is 9.32. The van der Waals surface area contributed by atoms with Crippen molar-refractivity contribution in [3.8, 4) is 0 Å². The van der Waals surface area contributed by atoms with E-state index in [4.69, 9.17) is 0 Å². The molecule has 0 bridgehead atoms. The number of H-pyrrole nitrogens is 1. The molecular weight excluding hydrogens is 348 g/mol. The topological polar surface area (TPSA) is 160 Å². The first-order valence-electron chi connectivity index (χ1n) is 4.89. The Hall–Kier alpha value is -2.44. The van der Waals surface area contributed by atoms with Gasteiger partial charge < -0.3 is 9.68 Å². The van der Waals surface area contributed by atoms with Gasteiger partial charge in [-0.15, -0.1) is 20.2 Å². The van der Waals surface area contributed by atoms with Crippen molar-refractivity contribution < 1.29 is 19.8 Å². The fourth-order valence-corrected chi connectivity index (χ4v) is 1.72. The molecule has 0 saturated carbocycles. The number of hydrogen-bond donors (Lipinski definition) is 1. The first kappa shape index (κ1) is 15.6. The van der Waals surface area contributed by atoms with Gasteiger partial charge >= 0.3 is 5.69 Å². The van der Waals surface area contributed by atoms with E-state index in [0.29, 0.717) is 0 Å². The third-order valence-corrected chi connectivity index (χ3v) is 2.88. The molecule has 0 atom stereocenters. The molecule has 110 valence electrons. The molecule has 1 rings (SSSR count). The second-order valence-corrected chi connectivity index (χ2v) is 4.02. The molecule has 1 heterocycles. The molecular formula is C7H7BrN4O8. The Morgan fingerprint density at radius 2 is 1.80 bits per heavy atom. The van der Waals surface area contributed by atoms with Gasteiger partial charge in [0.15, 0.2) is 0 Å². The predicted octanol–water partition coefficient (Wildman–Crippen LogP) is -0.784. The molecule has 1 aromatic rings. The summed E-state index contributed by atoms with van der Waals surface area (Å²) in [5, 5.41) is 18.0. The molecule has 1 N–H and O–H groups in total. The molecule has 0 aliphatic carbocycles. The average Bonchev–Trinajstić information content (AvgIpc) is 2.34. The Balaban J connectivity index is 3.09. The normalized spacial score (nSPS) is 10.1. The van der Waals surface area contributed by atoms with Crippen LogP contribution in [0.1, 0.15) is 5.69 Å². The van der Waals surface area contributed by atoms with Gasteiger partial charge in [-0.05, 0) is 15.9 Å². The fraction of sp³-hybridized carbons (Fsp3) is 0.429. The Morgan fingerprint density at radius 3 is 2.35 bits per heavy atom. The van der Waals surface area contributed by atoms with Crippen molar-refractivity contribution in [2.45, 2.75) is 13.2 Å². The number of aromatic nitrogens is 2. The van der Waals surface area contributed by atoms with E-state index in [1.54, 1.807) is 0 Å². The van der Waals surface area contributed by atoms with Crippen LogP contribution in [0.5, 0.6) is 0 Å². The molecule has 0 fully saturated rings. The molecule has 0 radical (unpaired) electrons. The van der Waals surface area contributed by atoms with Crippen molar-refractivity contribution in [1.29, 1.82) is 0 Å². The average molecular weight is 355 g/mol. The van der Waals surface area contributed by atoms with E-state index in [1.807, 2.05) is 4.98 Å². The van der Waals surface area contributed by atoms with Gasteiger partial charge in [-0.3, -0.25) is 14.3 Å². The molecule has 0 aromatic carbocycles. The minimum Gasteiger partial charge on any atom is -0.312 e. The maximum atomic E-state index is 11.6. The summed E-state index contributed by atoms with van der Waals surface area (Å²) < 4.78 is 0.707. The van der Waals surface area contributed by atoms with Crippen LogP contribution in [-0.4, -0.2) is 26.3 Å². The highest BCUT2D eigenvalue weighted by Gasteiger charge is 2.14. The highest BCUT2D eigenvalue weighted by Crippen LogP contribution is 2.11. The fourth-order valence-electron chi connectivity index (χ4n) is 1.29. The molecule has 0 aliphatic heterocycles. The van der Waals surface area contributed by atoms with Crippen LogP contribution in [0.2, 0.25) is 0 Å². The van der Waals surface area contributed by atoms with Crippen molar-refractivity contribution >= 4 is 15.9 Å². The van der Waals surface area contributed by atoms with Gasteiger partial charge in [0.25, 0.3) is 15.7 Å². The molecule has 0 unspecified atom stereocenters. The summed E-state index contributed by atoms with van der Waals surface area (Å²) in [6, 6.07) is 0. The van der Waals surface area contributed by atoms with Crippen LogP contribution >= 0.6 is 15.9 Å². The molecule has 1 aromatic heterocycles. The standard InChI is InChI=1S/C7H7BrN4O8/c8-5-4(3-20-12(17)18)10(1-2-19-11(15)16)7(14)9-6(5)13/h1-3H2,(H,9,13,14). The summed E-state index contributed by atoms with van der Waals surface area (Å²) >= 11 is 2.86. The number of nitrogens with one attached hydrogen (secondary N) is 1. The summed E-state index contributed by atoms with van der Waals surface area (Å²) in [6.07, 6.45) is 0. The predicted molar refractivity (Wildman–Crippen MR) is 63.8 cm³/mol. The van der Waals surface area contributed by atoms with Gasteiger partial charge in [0.1, 0.15) is 17.7 Å². The number of aromatic amines is 1. The number of nitrogens with zero attached hydrogens (tertiary/aromatic N) is 3. The van der Waals surface area contributed by atoms with Crippen molar-refractivity contribution in [3.05, 3.63) is 51.2 Å². The summed E-state index contributed by atoms with van der Waals surface area (Å²) in [5.74, 6) is 0. The SMILES string of the molecule is O=c1[nH]c(=O)n(CCO[N+](=O)[O-])c(CO[N+](=O)[O-])c1Br. The molecule has 0 spiro atoms. The van der Waals surface area contributed by atoms with Gasteiger partial charge in [0, 0.05) is 0 Å². The lowest BCUT2D eigenvalue weighted by atomic mass is 10.4. The van der Waals surface area contributed by atoms with Crippen LogP contribution in [0.4, 0.5) is 0 Å². The van der Waals surface area contributed by atoms with E-state index in [2.05, 4.69) is 25.6 Å². The van der Waals surface area contributed by atoms with Crippen molar-refractivity contribution in [2.24, 2.45) is 0 Å². The summed E-state index contributed by atoms with van der Waals surface area (Å²) in [6.45, 7) is -1.45. The zero-order chi connectivity index (χ0) is 15.3. The summed E-state index contributed by atoms with van der Waals surface area (Å²) in [5.41, 5.74) is -1.84. The monoisotopic (exact) mass is 354 g/mol. The van der Waals surface area contributed by atoms with E-state index in [0.717, 1.165) is 4.57 Å². The number of halogens is 1. The molecule has 0 amide bonds. The zero-order valence-electron chi connectivity index (χ0n) is 9.61. The van der Waals surface area contributed by atoms with Crippen LogP contribution in [-0.2, 0) is 22.8 Å². The maximum absolute atomic E-state index is 11.6. The van der Waals surface area contributed by atoms with Crippen molar-refractivity contribution in [2.75, 3.05) is 6.61 Å². The Morgan fingerprint density at radius 1 is 1.20 bits per heavy atom. The van der Waals surface area contributed by atoms with Gasteiger partial charge in [-0.1, -0.05) is 0 Å². The Kier molecular flexibility index (Phi) is 5.19. The largest absolute Gasteiger partial charge is 0.328 e. The second-order valence-electron chi connectivity index (χ2n) is 3.23. The number of hydrogen-bond acceptors (Lipinski definition) is 8. The quantitative estimate of drug-likeness (QED) is 0.492. The molecule has 0 saturated heterocycles. The van der Waals surface area contributed by atoms with Gasteiger partial charge in [0.05, 0.1) is 12.2 Å². The van der Waals surface area contributed by atoms with Gasteiger partial charge in [0.2, 0.25) is 0 Å². The van der Waals surface area contributed by atoms with Crippen molar-refractivity contribution in [3.63, 3.8) is 0 Å². The van der Waals surface area contributed by atoms with Crippen LogP contribution in [0, 0.1) is 20.2 Å². The van der Waals surface area contributed by atoms with Gasteiger partial charge in [-0.25, -0.2) is 4.79 Å². The third kappa shape index (κ3) is 4.04. The van der Waals surface area contributed by atoms with Crippen LogP contribution in [0.25, 0.3) is 0 Å². The smallest absolute Gasteiger partial charge is 0.312 e. The Bertz CT molecular complexity index is 637. The number of rotatable bonds is 7. The molecule has 0 aliphatic rings. The van der Waals surface area contributed by atoms with Gasteiger partial charge in [-0.2, -0.15) is 0 Å². The zero-order valence-corrected chi connectivity index (χ0v) is 11.2. The van der Waals surface area contributed by atoms with E-state index < -0.39 is 34.6 Å². The van der Waals surface area contributed by atoms with E-state index >= 15 is 0 Å². The van der Waals surface area contributed by atoms with E-state index in [1.165, 1.54) is 0 Å². The van der Waals surface area contributed by atoms with Crippen LogP contribution in [0.3, 0.4) is 0 Å². The molecule has 13 heteroatoms. The third-order valence-electron chi connectivity index (χ3n) is 2.06. The lowest BCUT2D eigenvalue weighted by Gasteiger charge is -2.12. The first-order valence-corrected chi connectivity index (χ1v) is 5.68.